The molecule has 1 unspecified atom stereocenters. The van der Waals surface area contributed by atoms with Crippen LogP contribution in [0, 0.1) is 0 Å². The molecule has 0 aliphatic carbocycles. The molecule has 0 aromatic rings. The van der Waals surface area contributed by atoms with Crippen LogP contribution in [0.5, 0.6) is 0 Å². The van der Waals surface area contributed by atoms with Gasteiger partial charge in [-0.1, -0.05) is 30.4 Å². The van der Waals surface area contributed by atoms with Gasteiger partial charge >= 0.3 is 5.97 Å². The molecule has 17 heavy (non-hydrogen) atoms. The van der Waals surface area contributed by atoms with Crippen molar-refractivity contribution in [2.24, 2.45) is 0 Å². The molecule has 0 aliphatic heterocycles. The maximum absolute atomic E-state index is 11.0. The highest BCUT2D eigenvalue weighted by atomic mass is 16.5. The van der Waals surface area contributed by atoms with E-state index in [1.54, 1.807) is 13.0 Å². The summed E-state index contributed by atoms with van der Waals surface area (Å²) in [7, 11) is 0. The van der Waals surface area contributed by atoms with Gasteiger partial charge in [-0.15, -0.1) is 0 Å². The number of ether oxygens (including phenoxy) is 2. The van der Waals surface area contributed by atoms with Crippen molar-refractivity contribution in [2.75, 3.05) is 13.2 Å². The predicted molar refractivity (Wildman–Crippen MR) is 69.8 cm³/mol. The second-order valence-corrected chi connectivity index (χ2v) is 3.29. The van der Waals surface area contributed by atoms with E-state index in [1.807, 2.05) is 38.2 Å². The molecule has 0 radical (unpaired) electrons. The number of allylic oxidation sites excluding steroid dienone is 3. The summed E-state index contributed by atoms with van der Waals surface area (Å²) in [5, 5.41) is 0. The molecule has 0 amide bonds. The lowest BCUT2D eigenvalue weighted by Crippen LogP contribution is -2.07. The first-order valence-electron chi connectivity index (χ1n) is 5.98. The Morgan fingerprint density at radius 2 is 2.00 bits per heavy atom. The van der Waals surface area contributed by atoms with Crippen LogP contribution in [0.15, 0.2) is 36.5 Å². The van der Waals surface area contributed by atoms with Gasteiger partial charge in [0.1, 0.15) is 0 Å². The fourth-order valence-electron chi connectivity index (χ4n) is 1.25. The highest BCUT2D eigenvalue weighted by Gasteiger charge is 1.99. The van der Waals surface area contributed by atoms with E-state index in [1.165, 1.54) is 6.08 Å². The Morgan fingerprint density at radius 1 is 1.24 bits per heavy atom. The molecule has 0 aromatic carbocycles. The summed E-state index contributed by atoms with van der Waals surface area (Å²) in [6, 6.07) is 0. The number of esters is 1. The van der Waals surface area contributed by atoms with Crippen LogP contribution in [0.25, 0.3) is 0 Å². The molecule has 0 saturated heterocycles. The van der Waals surface area contributed by atoms with Crippen molar-refractivity contribution < 1.29 is 14.3 Å². The molecule has 0 rings (SSSR count). The van der Waals surface area contributed by atoms with Crippen molar-refractivity contribution in [2.45, 2.75) is 33.3 Å². The molecular weight excluding hydrogens is 216 g/mol. The van der Waals surface area contributed by atoms with Gasteiger partial charge in [-0.3, -0.25) is 0 Å². The molecule has 0 heterocycles. The highest BCUT2D eigenvalue weighted by molar-refractivity contribution is 5.82. The summed E-state index contributed by atoms with van der Waals surface area (Å²) in [6.45, 7) is 6.82. The van der Waals surface area contributed by atoms with Gasteiger partial charge in [0.05, 0.1) is 12.7 Å². The fraction of sp³-hybridized carbons (Fsp3) is 0.500. The van der Waals surface area contributed by atoms with Crippen molar-refractivity contribution in [3.63, 3.8) is 0 Å². The number of hydrogen-bond donors (Lipinski definition) is 0. The molecule has 1 atom stereocenters. The Labute approximate surface area is 104 Å². The minimum absolute atomic E-state index is 0.109. The van der Waals surface area contributed by atoms with E-state index in [0.29, 0.717) is 13.2 Å². The number of hydrogen-bond acceptors (Lipinski definition) is 3. The second kappa shape index (κ2) is 11.1. The third-order valence-corrected chi connectivity index (χ3v) is 1.92. The third kappa shape index (κ3) is 9.57. The largest absolute Gasteiger partial charge is 0.463 e. The molecular formula is C14H22O3. The fourth-order valence-corrected chi connectivity index (χ4v) is 1.25. The van der Waals surface area contributed by atoms with Crippen LogP contribution in [0.3, 0.4) is 0 Å². The summed E-state index contributed by atoms with van der Waals surface area (Å²) in [5.74, 6) is -0.313. The van der Waals surface area contributed by atoms with Gasteiger partial charge < -0.3 is 9.47 Å². The molecule has 3 heteroatoms. The van der Waals surface area contributed by atoms with Crippen LogP contribution in [0.4, 0.5) is 0 Å². The Kier molecular flexibility index (Phi) is 10.3. The quantitative estimate of drug-likeness (QED) is 0.282. The zero-order valence-corrected chi connectivity index (χ0v) is 10.9. The minimum atomic E-state index is -0.313. The van der Waals surface area contributed by atoms with Gasteiger partial charge in [0.2, 0.25) is 0 Å². The highest BCUT2D eigenvalue weighted by Crippen LogP contribution is 2.02. The Bertz CT molecular complexity index is 277. The molecule has 0 bridgehead atoms. The second-order valence-electron chi connectivity index (χ2n) is 3.29. The average molecular weight is 238 g/mol. The van der Waals surface area contributed by atoms with Crippen LogP contribution in [-0.4, -0.2) is 25.3 Å². The molecule has 0 saturated carbocycles. The van der Waals surface area contributed by atoms with Crippen LogP contribution in [0.1, 0.15) is 27.2 Å². The topological polar surface area (TPSA) is 35.5 Å². The molecule has 0 spiro atoms. The first kappa shape index (κ1) is 15.7. The van der Waals surface area contributed by atoms with Gasteiger partial charge in [0, 0.05) is 12.7 Å². The van der Waals surface area contributed by atoms with Gasteiger partial charge in [0.25, 0.3) is 0 Å². The minimum Gasteiger partial charge on any atom is -0.463 e. The van der Waals surface area contributed by atoms with Gasteiger partial charge in [0.15, 0.2) is 0 Å². The summed E-state index contributed by atoms with van der Waals surface area (Å²) in [6.07, 6.45) is 11.8. The molecule has 0 aromatic heterocycles. The van der Waals surface area contributed by atoms with Gasteiger partial charge in [-0.25, -0.2) is 4.79 Å². The maximum Gasteiger partial charge on any atom is 0.330 e. The molecule has 96 valence electrons. The molecule has 3 nitrogen and oxygen atoms in total. The van der Waals surface area contributed by atoms with Crippen LogP contribution >= 0.6 is 0 Å². The normalized spacial score (nSPS) is 13.8. The number of carbonyl (C=O) groups excluding carboxylic acids is 1. The lowest BCUT2D eigenvalue weighted by atomic mass is 10.2. The van der Waals surface area contributed by atoms with Crippen molar-refractivity contribution in [1.82, 2.24) is 0 Å². The standard InChI is InChI=1S/C14H22O3/c1-4-10-13(16-5-2)11-8-7-9-12-14(15)17-6-3/h4,7-10,12-13H,5-6,11H2,1-3H3. The van der Waals surface area contributed by atoms with Crippen LogP contribution in [-0.2, 0) is 14.3 Å². The van der Waals surface area contributed by atoms with Crippen molar-refractivity contribution in [3.05, 3.63) is 36.5 Å². The third-order valence-electron chi connectivity index (χ3n) is 1.92. The van der Waals surface area contributed by atoms with E-state index >= 15 is 0 Å². The SMILES string of the molecule is CC=CC(CC=CC=CC(=O)OCC)OCC. The summed E-state index contributed by atoms with van der Waals surface area (Å²) < 4.78 is 10.2. The Hall–Kier alpha value is -1.35. The zero-order valence-electron chi connectivity index (χ0n) is 10.9. The molecule has 0 aliphatic rings. The van der Waals surface area contributed by atoms with Crippen LogP contribution < -0.4 is 0 Å². The zero-order chi connectivity index (χ0) is 12.9. The van der Waals surface area contributed by atoms with Gasteiger partial charge in [-0.2, -0.15) is 0 Å². The van der Waals surface area contributed by atoms with Crippen molar-refractivity contribution >= 4 is 5.97 Å². The van der Waals surface area contributed by atoms with Crippen molar-refractivity contribution in [1.29, 1.82) is 0 Å². The van der Waals surface area contributed by atoms with Crippen LogP contribution in [0.2, 0.25) is 0 Å². The van der Waals surface area contributed by atoms with Crippen molar-refractivity contribution in [3.8, 4) is 0 Å². The summed E-state index contributed by atoms with van der Waals surface area (Å²) in [5.41, 5.74) is 0. The Morgan fingerprint density at radius 3 is 2.59 bits per heavy atom. The lowest BCUT2D eigenvalue weighted by Gasteiger charge is -2.09. The predicted octanol–water partition coefficient (Wildman–Crippen LogP) is 3.03. The first-order valence-corrected chi connectivity index (χ1v) is 5.98. The van der Waals surface area contributed by atoms with Gasteiger partial charge in [-0.05, 0) is 27.2 Å². The monoisotopic (exact) mass is 238 g/mol. The summed E-state index contributed by atoms with van der Waals surface area (Å²) >= 11 is 0. The summed E-state index contributed by atoms with van der Waals surface area (Å²) in [4.78, 5) is 11.0. The van der Waals surface area contributed by atoms with E-state index < -0.39 is 0 Å². The molecule has 0 N–H and O–H groups in total. The average Bonchev–Trinajstić information content (AvgIpc) is 2.29. The lowest BCUT2D eigenvalue weighted by molar-refractivity contribution is -0.137. The maximum atomic E-state index is 11.0. The number of rotatable bonds is 8. The number of carbonyl (C=O) groups is 1. The smallest absolute Gasteiger partial charge is 0.330 e. The molecule has 0 fully saturated rings. The first-order chi connectivity index (χ1) is 8.24. The van der Waals surface area contributed by atoms with E-state index in [-0.39, 0.29) is 12.1 Å². The van der Waals surface area contributed by atoms with E-state index in [0.717, 1.165) is 6.42 Å². The Balaban J connectivity index is 3.95. The van der Waals surface area contributed by atoms with E-state index in [4.69, 9.17) is 9.47 Å². The van der Waals surface area contributed by atoms with E-state index in [2.05, 4.69) is 0 Å². The van der Waals surface area contributed by atoms with E-state index in [9.17, 15) is 4.79 Å².